The number of hydrogen-bond acceptors (Lipinski definition) is 4. The third-order valence-corrected chi connectivity index (χ3v) is 6.68. The van der Waals surface area contributed by atoms with Crippen molar-refractivity contribution in [1.82, 2.24) is 4.31 Å². The third-order valence-electron chi connectivity index (χ3n) is 4.80. The minimum absolute atomic E-state index is 0.0717. The van der Waals surface area contributed by atoms with Crippen molar-refractivity contribution in [3.8, 4) is 0 Å². The van der Waals surface area contributed by atoms with Crippen LogP contribution in [-0.2, 0) is 10.0 Å². The topological polar surface area (TPSA) is 74.8 Å². The van der Waals surface area contributed by atoms with Crippen molar-refractivity contribution in [2.45, 2.75) is 30.7 Å². The third kappa shape index (κ3) is 2.50. The fraction of sp³-hybridized carbons (Fsp3) is 0.263. The second-order valence-corrected chi connectivity index (χ2v) is 8.53. The van der Waals surface area contributed by atoms with E-state index >= 15 is 0 Å². The highest BCUT2D eigenvalue weighted by molar-refractivity contribution is 7.90. The van der Waals surface area contributed by atoms with Gasteiger partial charge in [0.1, 0.15) is 4.90 Å². The average Bonchev–Trinajstić information content (AvgIpc) is 3.42. The number of aryl methyl sites for hydroxylation is 1. The number of benzene rings is 2. The zero-order valence-corrected chi connectivity index (χ0v) is 15.3. The maximum atomic E-state index is 12.8. The first-order valence-corrected chi connectivity index (χ1v) is 9.82. The van der Waals surface area contributed by atoms with Crippen LogP contribution >= 0.6 is 0 Å². The van der Waals surface area contributed by atoms with E-state index in [9.17, 15) is 18.0 Å². The van der Waals surface area contributed by atoms with Gasteiger partial charge in [-0.15, -0.1) is 0 Å². The van der Waals surface area contributed by atoms with E-state index in [0.29, 0.717) is 18.5 Å². The van der Waals surface area contributed by atoms with Gasteiger partial charge in [-0.25, -0.2) is 12.7 Å². The van der Waals surface area contributed by atoms with Gasteiger partial charge in [-0.2, -0.15) is 0 Å². The Hall–Kier alpha value is -2.67. The molecule has 0 atom stereocenters. The molecule has 0 radical (unpaired) electrons. The summed E-state index contributed by atoms with van der Waals surface area (Å²) in [7, 11) is -2.24. The van der Waals surface area contributed by atoms with Crippen LogP contribution in [0.3, 0.4) is 0 Å². The summed E-state index contributed by atoms with van der Waals surface area (Å²) in [5.41, 5.74) is 2.17. The van der Waals surface area contributed by atoms with Gasteiger partial charge in [0.2, 0.25) is 0 Å². The number of carbonyl (C=O) groups excluding carboxylic acids is 2. The Labute approximate surface area is 152 Å². The van der Waals surface area contributed by atoms with Crippen molar-refractivity contribution in [2.24, 2.45) is 0 Å². The van der Waals surface area contributed by atoms with Crippen molar-refractivity contribution in [2.75, 3.05) is 11.9 Å². The predicted octanol–water partition coefficient (Wildman–Crippen LogP) is 2.58. The predicted molar refractivity (Wildman–Crippen MR) is 96.7 cm³/mol. The molecule has 0 saturated heterocycles. The van der Waals surface area contributed by atoms with Gasteiger partial charge in [0.25, 0.3) is 21.8 Å². The molecule has 1 heterocycles. The summed E-state index contributed by atoms with van der Waals surface area (Å²) in [5, 5.41) is 0. The monoisotopic (exact) mass is 370 g/mol. The van der Waals surface area contributed by atoms with E-state index in [0.717, 1.165) is 9.87 Å². The zero-order valence-electron chi connectivity index (χ0n) is 14.5. The molecule has 2 aromatic rings. The van der Waals surface area contributed by atoms with Crippen molar-refractivity contribution in [3.63, 3.8) is 0 Å². The molecule has 0 spiro atoms. The number of anilines is 1. The van der Waals surface area contributed by atoms with Gasteiger partial charge in [-0.1, -0.05) is 17.7 Å². The summed E-state index contributed by atoms with van der Waals surface area (Å²) >= 11 is 0. The fourth-order valence-corrected chi connectivity index (χ4v) is 4.97. The molecule has 0 aromatic heterocycles. The quantitative estimate of drug-likeness (QED) is 0.832. The Bertz CT molecular complexity index is 1020. The van der Waals surface area contributed by atoms with E-state index in [1.54, 1.807) is 7.05 Å². The fourth-order valence-electron chi connectivity index (χ4n) is 3.13. The second kappa shape index (κ2) is 5.67. The lowest BCUT2D eigenvalue weighted by Gasteiger charge is -2.18. The van der Waals surface area contributed by atoms with Gasteiger partial charge >= 0.3 is 0 Å². The van der Waals surface area contributed by atoms with Gasteiger partial charge < -0.3 is 4.90 Å². The summed E-state index contributed by atoms with van der Waals surface area (Å²) < 4.78 is 26.4. The summed E-state index contributed by atoms with van der Waals surface area (Å²) in [4.78, 5) is 26.6. The van der Waals surface area contributed by atoms with Gasteiger partial charge in [0, 0.05) is 24.3 Å². The van der Waals surface area contributed by atoms with Crippen LogP contribution in [0.2, 0.25) is 0 Å². The van der Waals surface area contributed by atoms with Crippen LogP contribution in [0.1, 0.15) is 39.1 Å². The highest BCUT2D eigenvalue weighted by Gasteiger charge is 2.48. The number of amides is 2. The van der Waals surface area contributed by atoms with E-state index in [2.05, 4.69) is 0 Å². The second-order valence-electron chi connectivity index (χ2n) is 6.75. The number of rotatable bonds is 3. The normalized spacial score (nSPS) is 17.9. The molecule has 0 bridgehead atoms. The molecule has 6 nitrogen and oxygen atoms in total. The maximum absolute atomic E-state index is 12.8. The summed E-state index contributed by atoms with van der Waals surface area (Å²) in [5.74, 6) is -0.822. The number of sulfonamides is 1. The van der Waals surface area contributed by atoms with Crippen molar-refractivity contribution in [3.05, 3.63) is 59.2 Å². The number of hydrogen-bond donors (Lipinski definition) is 0. The molecule has 4 rings (SSSR count). The van der Waals surface area contributed by atoms with Crippen LogP contribution in [0.15, 0.2) is 47.4 Å². The van der Waals surface area contributed by atoms with E-state index in [4.69, 9.17) is 0 Å². The molecule has 1 fully saturated rings. The Balaban J connectivity index is 1.70. The van der Waals surface area contributed by atoms with Crippen LogP contribution in [0.4, 0.5) is 5.69 Å². The largest absolute Gasteiger partial charge is 0.311 e. The number of carbonyl (C=O) groups is 2. The molecule has 2 aromatic carbocycles. The molecule has 26 heavy (non-hydrogen) atoms. The van der Waals surface area contributed by atoms with Gasteiger partial charge in [-0.3, -0.25) is 9.59 Å². The summed E-state index contributed by atoms with van der Waals surface area (Å²) in [6.45, 7) is 1.96. The standard InChI is InChI=1S/C19H18N2O4S/c1-12-3-6-14(7-4-12)20(2)18(22)13-5-10-16-17(11-13)26(24,25)21(19(16)23)15-8-9-15/h3-7,10-11,15H,8-9H2,1-2H3. The Kier molecular flexibility index (Phi) is 3.66. The van der Waals surface area contributed by atoms with Crippen LogP contribution in [0, 0.1) is 6.92 Å². The first kappa shape index (κ1) is 16.8. The molecular formula is C19H18N2O4S. The Morgan fingerprint density at radius 1 is 1.12 bits per heavy atom. The van der Waals surface area contributed by atoms with Crippen molar-refractivity contribution in [1.29, 1.82) is 0 Å². The Morgan fingerprint density at radius 3 is 2.38 bits per heavy atom. The molecule has 2 aliphatic rings. The van der Waals surface area contributed by atoms with E-state index in [1.165, 1.54) is 23.1 Å². The molecular weight excluding hydrogens is 352 g/mol. The van der Waals surface area contributed by atoms with E-state index < -0.39 is 15.9 Å². The lowest BCUT2D eigenvalue weighted by atomic mass is 10.1. The molecule has 7 heteroatoms. The molecule has 0 N–H and O–H groups in total. The minimum atomic E-state index is -3.87. The van der Waals surface area contributed by atoms with Gasteiger partial charge in [-0.05, 0) is 50.1 Å². The highest BCUT2D eigenvalue weighted by atomic mass is 32.2. The lowest BCUT2D eigenvalue weighted by Crippen LogP contribution is -2.32. The first-order chi connectivity index (χ1) is 12.3. The smallest absolute Gasteiger partial charge is 0.269 e. The molecule has 0 unspecified atom stereocenters. The van der Waals surface area contributed by atoms with Crippen LogP contribution in [-0.4, -0.2) is 37.6 Å². The Morgan fingerprint density at radius 2 is 1.77 bits per heavy atom. The number of fused-ring (bicyclic) bond motifs is 1. The summed E-state index contributed by atoms with van der Waals surface area (Å²) in [6, 6.07) is 11.5. The van der Waals surface area contributed by atoms with E-state index in [1.807, 2.05) is 31.2 Å². The van der Waals surface area contributed by atoms with Gasteiger partial charge in [0.05, 0.1) is 5.56 Å². The molecule has 2 amide bonds. The minimum Gasteiger partial charge on any atom is -0.311 e. The van der Waals surface area contributed by atoms with Gasteiger partial charge in [0.15, 0.2) is 0 Å². The lowest BCUT2D eigenvalue weighted by molar-refractivity contribution is 0.0864. The van der Waals surface area contributed by atoms with Crippen molar-refractivity contribution < 1.29 is 18.0 Å². The number of nitrogens with zero attached hydrogens (tertiary/aromatic N) is 2. The molecule has 1 aliphatic carbocycles. The SMILES string of the molecule is Cc1ccc(N(C)C(=O)c2ccc3c(c2)S(=O)(=O)N(C2CC2)C3=O)cc1. The van der Waals surface area contributed by atoms with Crippen LogP contribution in [0.5, 0.6) is 0 Å². The van der Waals surface area contributed by atoms with Crippen LogP contribution < -0.4 is 4.90 Å². The maximum Gasteiger partial charge on any atom is 0.269 e. The highest BCUT2D eigenvalue weighted by Crippen LogP contribution is 2.39. The molecule has 1 saturated carbocycles. The van der Waals surface area contributed by atoms with Crippen molar-refractivity contribution >= 4 is 27.5 Å². The zero-order chi connectivity index (χ0) is 18.6. The first-order valence-electron chi connectivity index (χ1n) is 8.38. The molecule has 1 aliphatic heterocycles. The average molecular weight is 370 g/mol. The molecule has 134 valence electrons. The van der Waals surface area contributed by atoms with Crippen LogP contribution in [0.25, 0.3) is 0 Å². The van der Waals surface area contributed by atoms with E-state index in [-0.39, 0.29) is 28.0 Å². The summed E-state index contributed by atoms with van der Waals surface area (Å²) in [6.07, 6.45) is 1.39.